The fourth-order valence-corrected chi connectivity index (χ4v) is 2.86. The average molecular weight is 329 g/mol. The molecule has 1 aromatic carbocycles. The molecule has 1 fully saturated rings. The second-order valence-electron chi connectivity index (χ2n) is 4.42. The molecule has 6 heteroatoms. The van der Waals surface area contributed by atoms with Gasteiger partial charge in [0.25, 0.3) is 0 Å². The van der Waals surface area contributed by atoms with Crippen LogP contribution in [0.5, 0.6) is 5.75 Å². The fourth-order valence-electron chi connectivity index (χ4n) is 2.30. The van der Waals surface area contributed by atoms with Crippen LogP contribution < -0.4 is 10.1 Å². The molecule has 0 saturated carbocycles. The van der Waals surface area contributed by atoms with Crippen LogP contribution in [0.25, 0.3) is 0 Å². The molecule has 5 nitrogen and oxygen atoms in total. The van der Waals surface area contributed by atoms with Gasteiger partial charge in [0.15, 0.2) is 0 Å². The third-order valence-corrected chi connectivity index (χ3v) is 3.86. The van der Waals surface area contributed by atoms with Crippen LogP contribution in [0.15, 0.2) is 22.7 Å². The predicted molar refractivity (Wildman–Crippen MR) is 75.5 cm³/mol. The number of carboxylic acids is 1. The maximum atomic E-state index is 11.6. The van der Waals surface area contributed by atoms with Crippen molar-refractivity contribution in [3.63, 3.8) is 0 Å². The summed E-state index contributed by atoms with van der Waals surface area (Å²) >= 11 is 3.40. The molecule has 1 aromatic rings. The molecule has 1 aliphatic rings. The lowest BCUT2D eigenvalue weighted by Crippen LogP contribution is -2.47. The van der Waals surface area contributed by atoms with Crippen molar-refractivity contribution in [1.29, 1.82) is 0 Å². The molecule has 0 bridgehead atoms. The molecular weight excluding hydrogens is 312 g/mol. The standard InChI is InChI=1S/C13H17BrN2O3/c1-19-11-3-2-9(8-10(11)14)12(13(17)18)16-6-4-15-5-7-16/h2-3,8,12,15H,4-7H2,1H3,(H,17,18). The Morgan fingerprint density at radius 3 is 2.68 bits per heavy atom. The minimum absolute atomic E-state index is 0.607. The number of hydrogen-bond donors (Lipinski definition) is 2. The number of hydrogen-bond acceptors (Lipinski definition) is 4. The highest BCUT2D eigenvalue weighted by Crippen LogP contribution is 2.30. The number of piperazine rings is 1. The Kier molecular flexibility index (Phi) is 4.79. The zero-order valence-corrected chi connectivity index (χ0v) is 12.3. The molecule has 1 saturated heterocycles. The van der Waals surface area contributed by atoms with Crippen molar-refractivity contribution in [2.24, 2.45) is 0 Å². The summed E-state index contributed by atoms with van der Waals surface area (Å²) in [6.07, 6.45) is 0. The van der Waals surface area contributed by atoms with Gasteiger partial charge in [-0.05, 0) is 33.6 Å². The average Bonchev–Trinajstić information content (AvgIpc) is 2.40. The Balaban J connectivity index is 2.28. The van der Waals surface area contributed by atoms with Gasteiger partial charge in [-0.25, -0.2) is 0 Å². The Labute approximate surface area is 120 Å². The van der Waals surface area contributed by atoms with Crippen molar-refractivity contribution in [2.75, 3.05) is 33.3 Å². The first-order valence-electron chi connectivity index (χ1n) is 6.14. The number of benzene rings is 1. The second kappa shape index (κ2) is 6.36. The van der Waals surface area contributed by atoms with E-state index >= 15 is 0 Å². The van der Waals surface area contributed by atoms with E-state index in [1.165, 1.54) is 0 Å². The quantitative estimate of drug-likeness (QED) is 0.876. The number of nitrogens with zero attached hydrogens (tertiary/aromatic N) is 1. The van der Waals surface area contributed by atoms with Crippen LogP contribution in [0, 0.1) is 0 Å². The zero-order valence-electron chi connectivity index (χ0n) is 10.7. The lowest BCUT2D eigenvalue weighted by molar-refractivity contribution is -0.143. The zero-order chi connectivity index (χ0) is 13.8. The molecule has 0 amide bonds. The topological polar surface area (TPSA) is 61.8 Å². The normalized spacial score (nSPS) is 18.0. The summed E-state index contributed by atoms with van der Waals surface area (Å²) < 4.78 is 5.94. The molecule has 0 radical (unpaired) electrons. The first-order valence-corrected chi connectivity index (χ1v) is 6.94. The first-order chi connectivity index (χ1) is 9.13. The SMILES string of the molecule is COc1ccc(C(C(=O)O)N2CCNCC2)cc1Br. The van der Waals surface area contributed by atoms with Crippen LogP contribution in [-0.2, 0) is 4.79 Å². The van der Waals surface area contributed by atoms with E-state index in [1.807, 2.05) is 17.0 Å². The fraction of sp³-hybridized carbons (Fsp3) is 0.462. The predicted octanol–water partition coefficient (Wildman–Crippen LogP) is 1.49. The number of carbonyl (C=O) groups is 1. The van der Waals surface area contributed by atoms with Crippen LogP contribution in [0.3, 0.4) is 0 Å². The summed E-state index contributed by atoms with van der Waals surface area (Å²) in [5.41, 5.74) is 0.766. The van der Waals surface area contributed by atoms with Gasteiger partial charge in [-0.3, -0.25) is 9.69 Å². The van der Waals surface area contributed by atoms with Crippen molar-refractivity contribution in [1.82, 2.24) is 10.2 Å². The van der Waals surface area contributed by atoms with Crippen LogP contribution in [-0.4, -0.2) is 49.3 Å². The van der Waals surface area contributed by atoms with Crippen molar-refractivity contribution in [2.45, 2.75) is 6.04 Å². The van der Waals surface area contributed by atoms with Crippen LogP contribution in [0.1, 0.15) is 11.6 Å². The Morgan fingerprint density at radius 1 is 1.47 bits per heavy atom. The third-order valence-electron chi connectivity index (χ3n) is 3.24. The third kappa shape index (κ3) is 3.26. The first kappa shape index (κ1) is 14.3. The van der Waals surface area contributed by atoms with Gasteiger partial charge in [-0.2, -0.15) is 0 Å². The molecule has 1 atom stereocenters. The summed E-state index contributed by atoms with van der Waals surface area (Å²) in [5, 5.41) is 12.7. The van der Waals surface area contributed by atoms with Crippen LogP contribution >= 0.6 is 15.9 Å². The minimum atomic E-state index is -0.820. The molecule has 104 valence electrons. The highest BCUT2D eigenvalue weighted by atomic mass is 79.9. The maximum absolute atomic E-state index is 11.6. The molecule has 0 aromatic heterocycles. The van der Waals surface area contributed by atoms with Gasteiger partial charge in [-0.15, -0.1) is 0 Å². The Bertz CT molecular complexity index is 461. The molecule has 2 N–H and O–H groups in total. The van der Waals surface area contributed by atoms with Crippen LogP contribution in [0.2, 0.25) is 0 Å². The molecule has 1 heterocycles. The number of carboxylic acid groups (broad SMARTS) is 1. The molecule has 1 unspecified atom stereocenters. The van der Waals surface area contributed by atoms with E-state index in [2.05, 4.69) is 21.2 Å². The smallest absolute Gasteiger partial charge is 0.325 e. The largest absolute Gasteiger partial charge is 0.496 e. The summed E-state index contributed by atoms with van der Waals surface area (Å²) in [7, 11) is 1.59. The Hall–Kier alpha value is -1.11. The molecule has 0 spiro atoms. The van der Waals surface area contributed by atoms with E-state index in [9.17, 15) is 9.90 Å². The van der Waals surface area contributed by atoms with Crippen molar-refractivity contribution < 1.29 is 14.6 Å². The van der Waals surface area contributed by atoms with Crippen molar-refractivity contribution >= 4 is 21.9 Å². The van der Waals surface area contributed by atoms with Crippen molar-refractivity contribution in [3.8, 4) is 5.75 Å². The van der Waals surface area contributed by atoms with E-state index in [1.54, 1.807) is 13.2 Å². The van der Waals surface area contributed by atoms with E-state index in [0.29, 0.717) is 5.75 Å². The lowest BCUT2D eigenvalue weighted by atomic mass is 10.0. The van der Waals surface area contributed by atoms with Gasteiger partial charge in [0.1, 0.15) is 11.8 Å². The van der Waals surface area contributed by atoms with E-state index < -0.39 is 12.0 Å². The minimum Gasteiger partial charge on any atom is -0.496 e. The summed E-state index contributed by atoms with van der Waals surface area (Å²) in [4.78, 5) is 13.5. The number of aliphatic carboxylic acids is 1. The van der Waals surface area contributed by atoms with Gasteiger partial charge < -0.3 is 15.2 Å². The summed E-state index contributed by atoms with van der Waals surface area (Å²) in [5.74, 6) is -0.118. The highest BCUT2D eigenvalue weighted by Gasteiger charge is 2.28. The van der Waals surface area contributed by atoms with Gasteiger partial charge in [-0.1, -0.05) is 6.07 Å². The van der Waals surface area contributed by atoms with Gasteiger partial charge in [0.2, 0.25) is 0 Å². The van der Waals surface area contributed by atoms with Gasteiger partial charge in [0, 0.05) is 26.2 Å². The Morgan fingerprint density at radius 2 is 2.16 bits per heavy atom. The number of ether oxygens (including phenoxy) is 1. The molecule has 2 rings (SSSR count). The summed E-state index contributed by atoms with van der Waals surface area (Å²) in [6, 6.07) is 4.81. The molecule has 19 heavy (non-hydrogen) atoms. The molecular formula is C13H17BrN2O3. The van der Waals surface area contributed by atoms with E-state index in [0.717, 1.165) is 36.2 Å². The maximum Gasteiger partial charge on any atom is 0.325 e. The summed E-state index contributed by atoms with van der Waals surface area (Å²) in [6.45, 7) is 3.11. The van der Waals surface area contributed by atoms with Gasteiger partial charge >= 0.3 is 5.97 Å². The van der Waals surface area contributed by atoms with Gasteiger partial charge in [0.05, 0.1) is 11.6 Å². The van der Waals surface area contributed by atoms with Crippen LogP contribution in [0.4, 0.5) is 0 Å². The molecule has 1 aliphatic heterocycles. The van der Waals surface area contributed by atoms with Crippen molar-refractivity contribution in [3.05, 3.63) is 28.2 Å². The monoisotopic (exact) mass is 328 g/mol. The number of rotatable bonds is 4. The van der Waals surface area contributed by atoms with E-state index in [-0.39, 0.29) is 0 Å². The van der Waals surface area contributed by atoms with E-state index in [4.69, 9.17) is 4.74 Å². The number of halogens is 1. The number of methoxy groups -OCH3 is 1. The molecule has 0 aliphatic carbocycles. The second-order valence-corrected chi connectivity index (χ2v) is 5.28. The lowest BCUT2D eigenvalue weighted by Gasteiger charge is -2.32. The number of nitrogens with one attached hydrogen (secondary N) is 1. The highest BCUT2D eigenvalue weighted by molar-refractivity contribution is 9.10.